The number of benzene rings is 1. The Kier molecular flexibility index (Phi) is 6.68. The van der Waals surface area contributed by atoms with Gasteiger partial charge in [0.1, 0.15) is 0 Å². The molecule has 0 radical (unpaired) electrons. The highest BCUT2D eigenvalue weighted by Crippen LogP contribution is 2.34. The van der Waals surface area contributed by atoms with E-state index in [1.165, 1.54) is 0 Å². The fraction of sp³-hybridized carbons (Fsp3) is 0.619. The molecular formula is C21H33N3O2. The number of nitrogens with one attached hydrogen (secondary N) is 1. The lowest BCUT2D eigenvalue weighted by Crippen LogP contribution is -2.39. The van der Waals surface area contributed by atoms with Crippen LogP contribution in [0.1, 0.15) is 52.5 Å². The van der Waals surface area contributed by atoms with Crippen LogP contribution in [0, 0.1) is 11.8 Å². The zero-order valence-electron chi connectivity index (χ0n) is 17.0. The van der Waals surface area contributed by atoms with E-state index in [1.54, 1.807) is 0 Å². The predicted octanol–water partition coefficient (Wildman–Crippen LogP) is 3.88. The lowest BCUT2D eigenvalue weighted by Gasteiger charge is -2.31. The molecule has 1 atom stereocenters. The third kappa shape index (κ3) is 4.99. The van der Waals surface area contributed by atoms with Crippen molar-refractivity contribution in [2.45, 2.75) is 59.5 Å². The van der Waals surface area contributed by atoms with E-state index in [0.29, 0.717) is 6.54 Å². The molecule has 0 saturated heterocycles. The van der Waals surface area contributed by atoms with Gasteiger partial charge in [-0.1, -0.05) is 20.8 Å². The van der Waals surface area contributed by atoms with Gasteiger partial charge in [0.2, 0.25) is 11.8 Å². The van der Waals surface area contributed by atoms with Crippen LogP contribution in [0.25, 0.3) is 0 Å². The van der Waals surface area contributed by atoms with E-state index in [0.717, 1.165) is 36.2 Å². The fourth-order valence-electron chi connectivity index (χ4n) is 2.93. The van der Waals surface area contributed by atoms with Crippen LogP contribution >= 0.6 is 0 Å². The van der Waals surface area contributed by atoms with Crippen molar-refractivity contribution in [2.75, 3.05) is 24.3 Å². The zero-order chi connectivity index (χ0) is 19.4. The standard InChI is InChI=1S/C21H33N3O2/c1-7-15(4)24(21(26)16-8-9-16)13-17-12-18(22-20(25)14(2)3)10-11-19(17)23(5)6/h10-12,14-16H,7-9,13H2,1-6H3,(H,22,25)/t15-/m1/s1. The van der Waals surface area contributed by atoms with Gasteiger partial charge >= 0.3 is 0 Å². The van der Waals surface area contributed by atoms with Gasteiger partial charge < -0.3 is 15.1 Å². The number of carbonyl (C=O) groups excluding carboxylic acids is 2. The lowest BCUT2D eigenvalue weighted by molar-refractivity contribution is -0.135. The minimum Gasteiger partial charge on any atom is -0.377 e. The van der Waals surface area contributed by atoms with Gasteiger partial charge in [0, 0.05) is 49.9 Å². The van der Waals surface area contributed by atoms with E-state index in [-0.39, 0.29) is 29.7 Å². The third-order valence-corrected chi connectivity index (χ3v) is 5.03. The first-order valence-corrected chi connectivity index (χ1v) is 9.66. The van der Waals surface area contributed by atoms with E-state index in [4.69, 9.17) is 0 Å². The molecule has 2 amide bonds. The summed E-state index contributed by atoms with van der Waals surface area (Å²) < 4.78 is 0. The Morgan fingerprint density at radius 2 is 1.85 bits per heavy atom. The molecule has 0 heterocycles. The largest absolute Gasteiger partial charge is 0.377 e. The lowest BCUT2D eigenvalue weighted by atomic mass is 10.1. The highest BCUT2D eigenvalue weighted by atomic mass is 16.2. The Labute approximate surface area is 157 Å². The van der Waals surface area contributed by atoms with Crippen molar-refractivity contribution in [1.29, 1.82) is 0 Å². The highest BCUT2D eigenvalue weighted by molar-refractivity contribution is 5.92. The van der Waals surface area contributed by atoms with Crippen molar-refractivity contribution >= 4 is 23.2 Å². The number of rotatable bonds is 8. The molecule has 2 rings (SSSR count). The minimum absolute atomic E-state index is 0.00129. The molecule has 0 aromatic heterocycles. The van der Waals surface area contributed by atoms with Crippen LogP contribution in [0.15, 0.2) is 18.2 Å². The average Bonchev–Trinajstić information content (AvgIpc) is 3.43. The van der Waals surface area contributed by atoms with Crippen molar-refractivity contribution in [3.63, 3.8) is 0 Å². The number of carbonyl (C=O) groups is 2. The van der Waals surface area contributed by atoms with Crippen LogP contribution in [0.5, 0.6) is 0 Å². The van der Waals surface area contributed by atoms with Crippen LogP contribution < -0.4 is 10.2 Å². The fourth-order valence-corrected chi connectivity index (χ4v) is 2.93. The van der Waals surface area contributed by atoms with Crippen LogP contribution in [0.4, 0.5) is 11.4 Å². The molecule has 1 saturated carbocycles. The molecule has 1 aliphatic rings. The summed E-state index contributed by atoms with van der Waals surface area (Å²) in [7, 11) is 4.00. The first-order chi connectivity index (χ1) is 12.2. The van der Waals surface area contributed by atoms with Gasteiger partial charge in [0.25, 0.3) is 0 Å². The van der Waals surface area contributed by atoms with E-state index in [1.807, 2.05) is 51.0 Å². The van der Waals surface area contributed by atoms with Crippen molar-refractivity contribution < 1.29 is 9.59 Å². The summed E-state index contributed by atoms with van der Waals surface area (Å²) in [6.45, 7) is 8.56. The second-order valence-corrected chi connectivity index (χ2v) is 7.88. The average molecular weight is 360 g/mol. The highest BCUT2D eigenvalue weighted by Gasteiger charge is 2.35. The molecule has 0 bridgehead atoms. The molecule has 144 valence electrons. The summed E-state index contributed by atoms with van der Waals surface area (Å²) in [6, 6.07) is 6.15. The van der Waals surface area contributed by atoms with Crippen LogP contribution in [0.3, 0.4) is 0 Å². The molecule has 0 aliphatic heterocycles. The monoisotopic (exact) mass is 359 g/mol. The predicted molar refractivity (Wildman–Crippen MR) is 107 cm³/mol. The van der Waals surface area contributed by atoms with Crippen molar-refractivity contribution in [1.82, 2.24) is 4.90 Å². The maximum atomic E-state index is 12.8. The number of nitrogens with zero attached hydrogens (tertiary/aromatic N) is 2. The Balaban J connectivity index is 2.30. The number of anilines is 2. The summed E-state index contributed by atoms with van der Waals surface area (Å²) in [5, 5.41) is 2.97. The second kappa shape index (κ2) is 8.56. The molecule has 1 aliphatic carbocycles. The SMILES string of the molecule is CC[C@@H](C)N(Cc1cc(NC(=O)C(C)C)ccc1N(C)C)C(=O)C1CC1. The van der Waals surface area contributed by atoms with Gasteiger partial charge in [-0.2, -0.15) is 0 Å². The molecular weight excluding hydrogens is 326 g/mol. The quantitative estimate of drug-likeness (QED) is 0.766. The van der Waals surface area contributed by atoms with E-state index >= 15 is 0 Å². The molecule has 5 heteroatoms. The molecule has 1 aromatic carbocycles. The van der Waals surface area contributed by atoms with Crippen molar-refractivity contribution in [3.8, 4) is 0 Å². The zero-order valence-corrected chi connectivity index (χ0v) is 17.0. The number of amides is 2. The topological polar surface area (TPSA) is 52.7 Å². The van der Waals surface area contributed by atoms with Crippen LogP contribution in [-0.4, -0.2) is 36.9 Å². The maximum absolute atomic E-state index is 12.8. The second-order valence-electron chi connectivity index (χ2n) is 7.88. The van der Waals surface area contributed by atoms with Gasteiger partial charge in [-0.25, -0.2) is 0 Å². The van der Waals surface area contributed by atoms with Crippen molar-refractivity contribution in [3.05, 3.63) is 23.8 Å². The van der Waals surface area contributed by atoms with Gasteiger partial charge in [0.05, 0.1) is 0 Å². The first-order valence-electron chi connectivity index (χ1n) is 9.66. The van der Waals surface area contributed by atoms with E-state index in [2.05, 4.69) is 24.1 Å². The minimum atomic E-state index is -0.0694. The van der Waals surface area contributed by atoms with E-state index < -0.39 is 0 Å². The molecule has 0 unspecified atom stereocenters. The molecule has 5 nitrogen and oxygen atoms in total. The van der Waals surface area contributed by atoms with Crippen LogP contribution in [-0.2, 0) is 16.1 Å². The van der Waals surface area contributed by atoms with Gasteiger partial charge in [-0.3, -0.25) is 9.59 Å². The van der Waals surface area contributed by atoms with Crippen LogP contribution in [0.2, 0.25) is 0 Å². The molecule has 1 N–H and O–H groups in total. The van der Waals surface area contributed by atoms with Gasteiger partial charge in [-0.05, 0) is 49.9 Å². The van der Waals surface area contributed by atoms with Gasteiger partial charge in [-0.15, -0.1) is 0 Å². The first kappa shape index (κ1) is 20.3. The number of hydrogen-bond acceptors (Lipinski definition) is 3. The van der Waals surface area contributed by atoms with E-state index in [9.17, 15) is 9.59 Å². The summed E-state index contributed by atoms with van der Waals surface area (Å²) in [4.78, 5) is 28.9. The summed E-state index contributed by atoms with van der Waals surface area (Å²) >= 11 is 0. The Bertz CT molecular complexity index is 651. The number of hydrogen-bond donors (Lipinski definition) is 1. The molecule has 26 heavy (non-hydrogen) atoms. The normalized spacial score (nSPS) is 14.9. The summed E-state index contributed by atoms with van der Waals surface area (Å²) in [5.41, 5.74) is 2.92. The van der Waals surface area contributed by atoms with Crippen molar-refractivity contribution in [2.24, 2.45) is 11.8 Å². The maximum Gasteiger partial charge on any atom is 0.226 e. The Morgan fingerprint density at radius 3 is 2.35 bits per heavy atom. The summed E-state index contributed by atoms with van der Waals surface area (Å²) in [6.07, 6.45) is 2.95. The smallest absolute Gasteiger partial charge is 0.226 e. The van der Waals surface area contributed by atoms with Gasteiger partial charge in [0.15, 0.2) is 0 Å². The Hall–Kier alpha value is -2.04. The Morgan fingerprint density at radius 1 is 1.19 bits per heavy atom. The third-order valence-electron chi connectivity index (χ3n) is 5.03. The summed E-state index contributed by atoms with van der Waals surface area (Å²) in [5.74, 6) is 0.401. The molecule has 1 fully saturated rings. The molecule has 0 spiro atoms. The molecule has 1 aromatic rings.